The van der Waals surface area contributed by atoms with Crippen molar-refractivity contribution in [2.24, 2.45) is 17.6 Å². The van der Waals surface area contributed by atoms with E-state index >= 15 is 0 Å². The van der Waals surface area contributed by atoms with Crippen LogP contribution in [0.4, 0.5) is 0 Å². The second-order valence-corrected chi connectivity index (χ2v) is 7.48. The molecule has 0 radical (unpaired) electrons. The van der Waals surface area contributed by atoms with Crippen molar-refractivity contribution in [2.45, 2.75) is 25.4 Å². The summed E-state index contributed by atoms with van der Waals surface area (Å²) in [7, 11) is -4.12. The number of furan rings is 1. The van der Waals surface area contributed by atoms with Gasteiger partial charge in [0, 0.05) is 6.54 Å². The first-order valence-electron chi connectivity index (χ1n) is 7.41. The van der Waals surface area contributed by atoms with Crippen LogP contribution in [0.3, 0.4) is 0 Å². The zero-order chi connectivity index (χ0) is 19.2. The Labute approximate surface area is 144 Å². The highest BCUT2D eigenvalue weighted by Gasteiger charge is 2.23. The Kier molecular flexibility index (Phi) is 7.12. The minimum Gasteiger partial charge on any atom is -0.481 e. The molecule has 0 aliphatic heterocycles. The van der Waals surface area contributed by atoms with Gasteiger partial charge in [-0.15, -0.1) is 0 Å². The van der Waals surface area contributed by atoms with Gasteiger partial charge in [-0.25, -0.2) is 8.42 Å². The van der Waals surface area contributed by atoms with E-state index in [0.717, 1.165) is 12.1 Å². The standard InChI is InChI=1S/C14H21N3O7S/c1-8(2)5-9(14(20)21)6-16-13(19)10-3-4-12(24-10)25(22,23)17-7-11(15)18/h3-4,8-9,17H,5-7H2,1-2H3,(H2,15,18)(H,16,19)(H,20,21). The van der Waals surface area contributed by atoms with Gasteiger partial charge < -0.3 is 20.6 Å². The van der Waals surface area contributed by atoms with E-state index in [2.05, 4.69) is 5.32 Å². The summed E-state index contributed by atoms with van der Waals surface area (Å²) in [6.07, 6.45) is 0.379. The first kappa shape index (κ1) is 20.6. The Morgan fingerprint density at radius 3 is 2.44 bits per heavy atom. The number of rotatable bonds is 10. The molecule has 1 atom stereocenters. The molecule has 0 aromatic carbocycles. The maximum atomic E-state index is 12.0. The summed E-state index contributed by atoms with van der Waals surface area (Å²) in [5, 5.41) is 11.0. The van der Waals surface area contributed by atoms with Crippen molar-refractivity contribution in [3.63, 3.8) is 0 Å². The number of nitrogens with one attached hydrogen (secondary N) is 2. The van der Waals surface area contributed by atoms with Crippen LogP contribution in [0.5, 0.6) is 0 Å². The number of sulfonamides is 1. The largest absolute Gasteiger partial charge is 0.481 e. The topological polar surface area (TPSA) is 169 Å². The molecule has 0 bridgehead atoms. The Balaban J connectivity index is 2.73. The molecule has 0 aliphatic rings. The highest BCUT2D eigenvalue weighted by Crippen LogP contribution is 2.15. The average molecular weight is 375 g/mol. The third kappa shape index (κ3) is 6.55. The molecular weight excluding hydrogens is 354 g/mol. The van der Waals surface area contributed by atoms with Gasteiger partial charge in [0.25, 0.3) is 15.9 Å². The smallest absolute Gasteiger partial charge is 0.308 e. The lowest BCUT2D eigenvalue weighted by molar-refractivity contribution is -0.142. The number of carboxylic acids is 1. The van der Waals surface area contributed by atoms with E-state index in [9.17, 15) is 22.8 Å². The molecule has 0 spiro atoms. The molecule has 25 heavy (non-hydrogen) atoms. The summed E-state index contributed by atoms with van der Waals surface area (Å²) in [4.78, 5) is 33.7. The van der Waals surface area contributed by atoms with Crippen molar-refractivity contribution in [1.29, 1.82) is 0 Å². The first-order valence-corrected chi connectivity index (χ1v) is 8.90. The number of nitrogens with two attached hydrogens (primary N) is 1. The second kappa shape index (κ2) is 8.62. The van der Waals surface area contributed by atoms with Crippen LogP contribution in [0.1, 0.15) is 30.8 Å². The van der Waals surface area contributed by atoms with Crippen LogP contribution in [0.25, 0.3) is 0 Å². The van der Waals surface area contributed by atoms with Gasteiger partial charge >= 0.3 is 5.97 Å². The molecule has 2 amide bonds. The zero-order valence-electron chi connectivity index (χ0n) is 13.8. The molecule has 0 saturated carbocycles. The Hall–Kier alpha value is -2.40. The maximum absolute atomic E-state index is 12.0. The van der Waals surface area contributed by atoms with Gasteiger partial charge in [0.15, 0.2) is 5.76 Å². The summed E-state index contributed by atoms with van der Waals surface area (Å²) < 4.78 is 30.5. The molecule has 140 valence electrons. The minimum absolute atomic E-state index is 0.116. The van der Waals surface area contributed by atoms with E-state index < -0.39 is 45.4 Å². The fraction of sp³-hybridized carbons (Fsp3) is 0.500. The molecule has 0 fully saturated rings. The van der Waals surface area contributed by atoms with Gasteiger partial charge in [0.2, 0.25) is 11.0 Å². The second-order valence-electron chi connectivity index (χ2n) is 5.78. The summed E-state index contributed by atoms with van der Waals surface area (Å²) in [5.41, 5.74) is 4.85. The number of aliphatic carboxylic acids is 1. The Morgan fingerprint density at radius 1 is 1.28 bits per heavy atom. The third-order valence-corrected chi connectivity index (χ3v) is 4.39. The molecule has 1 heterocycles. The molecule has 5 N–H and O–H groups in total. The lowest BCUT2D eigenvalue weighted by atomic mass is 9.97. The quantitative estimate of drug-likeness (QED) is 0.428. The highest BCUT2D eigenvalue weighted by molar-refractivity contribution is 7.89. The van der Waals surface area contributed by atoms with Gasteiger partial charge in [-0.3, -0.25) is 14.4 Å². The van der Waals surface area contributed by atoms with Gasteiger partial charge in [-0.2, -0.15) is 4.72 Å². The van der Waals surface area contributed by atoms with Crippen LogP contribution >= 0.6 is 0 Å². The van der Waals surface area contributed by atoms with E-state index in [-0.39, 0.29) is 18.2 Å². The maximum Gasteiger partial charge on any atom is 0.308 e. The fourth-order valence-electron chi connectivity index (χ4n) is 1.97. The van der Waals surface area contributed by atoms with Crippen molar-refractivity contribution in [2.75, 3.05) is 13.1 Å². The molecule has 10 nitrogen and oxygen atoms in total. The molecule has 1 aromatic heterocycles. The fourth-order valence-corrected chi connectivity index (χ4v) is 2.89. The van der Waals surface area contributed by atoms with Crippen molar-refractivity contribution in [1.82, 2.24) is 10.0 Å². The summed E-state index contributed by atoms with van der Waals surface area (Å²) >= 11 is 0. The van der Waals surface area contributed by atoms with E-state index in [0.29, 0.717) is 6.42 Å². The van der Waals surface area contributed by atoms with Crippen LogP contribution in [0.15, 0.2) is 21.6 Å². The predicted molar refractivity (Wildman–Crippen MR) is 86.0 cm³/mol. The number of carbonyl (C=O) groups is 3. The van der Waals surface area contributed by atoms with E-state index in [1.807, 2.05) is 18.6 Å². The van der Waals surface area contributed by atoms with E-state index in [1.165, 1.54) is 0 Å². The minimum atomic E-state index is -4.12. The number of amides is 2. The highest BCUT2D eigenvalue weighted by atomic mass is 32.2. The van der Waals surface area contributed by atoms with Crippen LogP contribution in [0.2, 0.25) is 0 Å². The van der Waals surface area contributed by atoms with Crippen molar-refractivity contribution in [3.05, 3.63) is 17.9 Å². The number of primary amides is 1. The molecule has 0 saturated heterocycles. The summed E-state index contributed by atoms with van der Waals surface area (Å²) in [6.45, 7) is 3.00. The van der Waals surface area contributed by atoms with Crippen LogP contribution in [-0.2, 0) is 19.6 Å². The van der Waals surface area contributed by atoms with Crippen molar-refractivity contribution < 1.29 is 32.3 Å². The van der Waals surface area contributed by atoms with Crippen LogP contribution in [0, 0.1) is 11.8 Å². The Morgan fingerprint density at radius 2 is 1.92 bits per heavy atom. The van der Waals surface area contributed by atoms with Gasteiger partial charge in [-0.1, -0.05) is 13.8 Å². The van der Waals surface area contributed by atoms with Crippen molar-refractivity contribution >= 4 is 27.8 Å². The lowest BCUT2D eigenvalue weighted by Gasteiger charge is -2.14. The lowest BCUT2D eigenvalue weighted by Crippen LogP contribution is -2.34. The monoisotopic (exact) mass is 375 g/mol. The van der Waals surface area contributed by atoms with E-state index in [4.69, 9.17) is 15.3 Å². The first-order chi connectivity index (χ1) is 11.5. The predicted octanol–water partition coefficient (Wildman–Crippen LogP) is -0.480. The summed E-state index contributed by atoms with van der Waals surface area (Å²) in [6, 6.07) is 2.17. The van der Waals surface area contributed by atoms with Gasteiger partial charge in [0.05, 0.1) is 12.5 Å². The number of hydrogen-bond donors (Lipinski definition) is 4. The Bertz CT molecular complexity index is 739. The normalized spacial score (nSPS) is 12.8. The summed E-state index contributed by atoms with van der Waals surface area (Å²) in [5.74, 6) is -3.58. The zero-order valence-corrected chi connectivity index (χ0v) is 14.6. The number of carbonyl (C=O) groups excluding carboxylic acids is 2. The van der Waals surface area contributed by atoms with Crippen molar-refractivity contribution in [3.8, 4) is 0 Å². The van der Waals surface area contributed by atoms with Crippen LogP contribution in [-0.4, -0.2) is 44.4 Å². The molecular formula is C14H21N3O7S. The van der Waals surface area contributed by atoms with E-state index in [1.54, 1.807) is 0 Å². The molecule has 11 heteroatoms. The molecule has 1 unspecified atom stereocenters. The third-order valence-electron chi connectivity index (χ3n) is 3.12. The number of hydrogen-bond acceptors (Lipinski definition) is 6. The molecule has 1 aromatic rings. The van der Waals surface area contributed by atoms with Crippen LogP contribution < -0.4 is 15.8 Å². The SMILES string of the molecule is CC(C)CC(CNC(=O)c1ccc(S(=O)(=O)NCC(N)=O)o1)C(=O)O. The van der Waals surface area contributed by atoms with Gasteiger partial charge in [-0.05, 0) is 24.5 Å². The van der Waals surface area contributed by atoms with Gasteiger partial charge in [0.1, 0.15) is 0 Å². The number of carboxylic acid groups (broad SMARTS) is 1. The molecule has 0 aliphatic carbocycles. The molecule has 1 rings (SSSR count). The average Bonchev–Trinajstić information content (AvgIpc) is 2.99.